The highest BCUT2D eigenvalue weighted by molar-refractivity contribution is 7.49. The third kappa shape index (κ3) is 0.415. The molecule has 30 valence electrons. The zero-order chi connectivity index (χ0) is 4.41. The second-order valence-corrected chi connectivity index (χ2v) is 2.06. The lowest BCUT2D eigenvalue weighted by Gasteiger charge is -1.90. The van der Waals surface area contributed by atoms with E-state index >= 15 is 0 Å². The Morgan fingerprint density at radius 2 is 2.50 bits per heavy atom. The minimum Gasteiger partial charge on any atom is -0.298 e. The van der Waals surface area contributed by atoms with Crippen LogP contribution >= 0.6 is 8.20 Å². The van der Waals surface area contributed by atoms with Gasteiger partial charge in [-0.05, 0) is 11.9 Å². The smallest absolute Gasteiger partial charge is 0.154 e. The van der Waals surface area contributed by atoms with Gasteiger partial charge in [-0.15, -0.1) is 0 Å². The summed E-state index contributed by atoms with van der Waals surface area (Å²) in [5.41, 5.74) is 0. The number of carbonyl (C=O) groups excluding carboxylic acids is 1. The summed E-state index contributed by atoms with van der Waals surface area (Å²) < 4.78 is 0. The summed E-state index contributed by atoms with van der Waals surface area (Å²) in [5.74, 6) is 1.93. The van der Waals surface area contributed by atoms with Crippen LogP contribution in [0, 0.1) is 0 Å². The third-order valence-electron chi connectivity index (χ3n) is 0.590. The molecule has 1 nitrogen and oxygen atoms in total. The zero-order valence-electron chi connectivity index (χ0n) is 3.09. The van der Waals surface area contributed by atoms with Crippen LogP contribution in [0.4, 0.5) is 0 Å². The molecular weight excluding hydrogens is 95.0 g/mol. The number of hydrogen-bond donors (Lipinski definition) is 0. The molecular formula is C4H3OP. The van der Waals surface area contributed by atoms with Crippen LogP contribution in [-0.2, 0) is 4.79 Å². The van der Waals surface area contributed by atoms with Gasteiger partial charge >= 0.3 is 0 Å². The Labute approximate surface area is 37.5 Å². The molecule has 0 saturated heterocycles. The summed E-state index contributed by atoms with van der Waals surface area (Å²) >= 11 is 0. The van der Waals surface area contributed by atoms with Crippen LogP contribution in [0.2, 0.25) is 0 Å². The van der Waals surface area contributed by atoms with Crippen molar-refractivity contribution >= 4 is 19.8 Å². The van der Waals surface area contributed by atoms with E-state index in [4.69, 9.17) is 0 Å². The highest BCUT2D eigenvalue weighted by atomic mass is 31.1. The summed E-state index contributed by atoms with van der Waals surface area (Å²) in [5, 5.41) is 0.884. The van der Waals surface area contributed by atoms with Gasteiger partial charge < -0.3 is 0 Å². The van der Waals surface area contributed by atoms with Crippen LogP contribution in [0.25, 0.3) is 0 Å². The molecule has 0 aliphatic carbocycles. The molecule has 0 fully saturated rings. The largest absolute Gasteiger partial charge is 0.298 e. The molecule has 0 N–H and O–H groups in total. The van der Waals surface area contributed by atoms with E-state index < -0.39 is 0 Å². The zero-order valence-corrected chi connectivity index (χ0v) is 3.98. The third-order valence-corrected chi connectivity index (χ3v) is 1.44. The van der Waals surface area contributed by atoms with Gasteiger partial charge in [0.2, 0.25) is 0 Å². The van der Waals surface area contributed by atoms with E-state index in [-0.39, 0.29) is 0 Å². The molecule has 0 aromatic rings. The Balaban J connectivity index is 2.57. The maximum atomic E-state index is 9.69. The Morgan fingerprint density at radius 1 is 1.83 bits per heavy atom. The number of carbonyl (C=O) groups is 1. The molecule has 6 heavy (non-hydrogen) atoms. The van der Waals surface area contributed by atoms with Gasteiger partial charge in [-0.25, -0.2) is 0 Å². The second kappa shape index (κ2) is 1.36. The van der Waals surface area contributed by atoms with Crippen LogP contribution < -0.4 is 0 Å². The molecule has 0 atom stereocenters. The minimum atomic E-state index is 0.877. The fourth-order valence-corrected chi connectivity index (χ4v) is 0.612. The van der Waals surface area contributed by atoms with E-state index in [1.165, 1.54) is 0 Å². The van der Waals surface area contributed by atoms with Gasteiger partial charge in [-0.2, -0.15) is 0 Å². The molecule has 1 aliphatic rings. The molecule has 1 heterocycles. The highest BCUT2D eigenvalue weighted by Gasteiger charge is 1.91. The average Bonchev–Trinajstić information content (AvgIpc) is 1.31. The Hall–Kier alpha value is -0.420. The molecule has 0 saturated carbocycles. The van der Waals surface area contributed by atoms with Crippen molar-refractivity contribution in [3.63, 3.8) is 0 Å². The van der Waals surface area contributed by atoms with E-state index in [0.29, 0.717) is 0 Å². The Morgan fingerprint density at radius 3 is 2.50 bits per heavy atom. The summed E-state index contributed by atoms with van der Waals surface area (Å²) in [4.78, 5) is 9.69. The summed E-state index contributed by atoms with van der Waals surface area (Å²) in [6, 6.07) is 0. The van der Waals surface area contributed by atoms with Gasteiger partial charge in [-0.3, -0.25) is 4.79 Å². The second-order valence-electron chi connectivity index (χ2n) is 0.988. The number of allylic oxidation sites excluding steroid dienone is 1. The average molecular weight is 98.0 g/mol. The molecule has 0 unspecified atom stereocenters. The van der Waals surface area contributed by atoms with Crippen molar-refractivity contribution in [2.75, 3.05) is 0 Å². The predicted octanol–water partition coefficient (Wildman–Crippen LogP) is 0.831. The number of rotatable bonds is 1. The molecule has 0 radical (unpaired) electrons. The van der Waals surface area contributed by atoms with Crippen molar-refractivity contribution in [1.29, 1.82) is 0 Å². The van der Waals surface area contributed by atoms with Crippen LogP contribution in [0.5, 0.6) is 0 Å². The number of aldehydes is 1. The van der Waals surface area contributed by atoms with Crippen LogP contribution in [0.3, 0.4) is 0 Å². The van der Waals surface area contributed by atoms with Crippen LogP contribution in [0.1, 0.15) is 0 Å². The van der Waals surface area contributed by atoms with Crippen LogP contribution in [-0.4, -0.2) is 11.6 Å². The van der Waals surface area contributed by atoms with Crippen LogP contribution in [0.15, 0.2) is 11.9 Å². The fraction of sp³-hybridized carbons (Fsp3) is 0. The van der Waals surface area contributed by atoms with Gasteiger partial charge in [0.05, 0.1) is 0 Å². The standard InChI is InChI=1S/C4H3OP/c5-3-4-1-2-6-4/h1-3H. The number of hydrogen-bond acceptors (Lipinski definition) is 1. The van der Waals surface area contributed by atoms with E-state index in [2.05, 4.69) is 0 Å². The first-order valence-corrected chi connectivity index (χ1v) is 2.59. The molecule has 0 aromatic carbocycles. The lowest BCUT2D eigenvalue weighted by Crippen LogP contribution is -1.92. The first-order valence-electron chi connectivity index (χ1n) is 1.63. The molecule has 0 aromatic heterocycles. The predicted molar refractivity (Wildman–Crippen MR) is 27.1 cm³/mol. The van der Waals surface area contributed by atoms with Gasteiger partial charge in [0.1, 0.15) is 0 Å². The van der Waals surface area contributed by atoms with Crippen molar-refractivity contribution < 1.29 is 4.79 Å². The normalized spacial score (nSPS) is 18.3. The lowest BCUT2D eigenvalue weighted by atomic mass is 10.5. The molecule has 1 aliphatic heterocycles. The Kier molecular flexibility index (Phi) is 0.849. The van der Waals surface area contributed by atoms with Gasteiger partial charge in [-0.1, -0.05) is 8.20 Å². The Bertz CT molecular complexity index is 120. The van der Waals surface area contributed by atoms with E-state index in [9.17, 15) is 4.79 Å². The molecule has 1 rings (SSSR count). The van der Waals surface area contributed by atoms with Gasteiger partial charge in [0, 0.05) is 5.29 Å². The highest BCUT2D eigenvalue weighted by Crippen LogP contribution is 2.10. The lowest BCUT2D eigenvalue weighted by molar-refractivity contribution is -0.102. The van der Waals surface area contributed by atoms with Crippen molar-refractivity contribution in [3.8, 4) is 0 Å². The van der Waals surface area contributed by atoms with E-state index in [1.807, 2.05) is 11.9 Å². The maximum absolute atomic E-state index is 9.69. The van der Waals surface area contributed by atoms with Crippen molar-refractivity contribution in [3.05, 3.63) is 11.9 Å². The fourth-order valence-electron chi connectivity index (χ4n) is 0.230. The molecule has 0 bridgehead atoms. The van der Waals surface area contributed by atoms with Gasteiger partial charge in [0.25, 0.3) is 0 Å². The van der Waals surface area contributed by atoms with Gasteiger partial charge in [0.15, 0.2) is 6.29 Å². The first kappa shape index (κ1) is 3.76. The molecule has 0 spiro atoms. The van der Waals surface area contributed by atoms with E-state index in [1.54, 1.807) is 0 Å². The summed E-state index contributed by atoms with van der Waals surface area (Å²) in [6.45, 7) is 0. The van der Waals surface area contributed by atoms with Crippen molar-refractivity contribution in [2.24, 2.45) is 0 Å². The van der Waals surface area contributed by atoms with Crippen molar-refractivity contribution in [2.45, 2.75) is 0 Å². The quantitative estimate of drug-likeness (QED) is 0.350. The monoisotopic (exact) mass is 98.0 g/mol. The first-order chi connectivity index (χ1) is 2.93. The topological polar surface area (TPSA) is 17.1 Å². The van der Waals surface area contributed by atoms with E-state index in [0.717, 1.165) is 19.8 Å². The summed E-state index contributed by atoms with van der Waals surface area (Å²) in [7, 11) is 1.08. The summed E-state index contributed by atoms with van der Waals surface area (Å²) in [6.07, 6.45) is 2.69. The maximum Gasteiger partial charge on any atom is 0.154 e. The van der Waals surface area contributed by atoms with Crippen molar-refractivity contribution in [1.82, 2.24) is 0 Å². The SMILES string of the molecule is O=CC1=PC=C1. The molecule has 2 heteroatoms. The minimum absolute atomic E-state index is 0.877. The molecule has 0 amide bonds.